The molecule has 0 aromatic carbocycles. The Bertz CT molecular complexity index is 706. The van der Waals surface area contributed by atoms with Crippen LogP contribution >= 0.6 is 0 Å². The monoisotopic (exact) mass is 260 g/mol. The molecule has 0 bridgehead atoms. The summed E-state index contributed by atoms with van der Waals surface area (Å²) < 4.78 is 0. The molecule has 2 N–H and O–H groups in total. The molecule has 4 nitrogen and oxygen atoms in total. The van der Waals surface area contributed by atoms with Crippen LogP contribution in [-0.2, 0) is 0 Å². The molecule has 4 heteroatoms. The van der Waals surface area contributed by atoms with Gasteiger partial charge in [-0.05, 0) is 48.6 Å². The SMILES string of the molecule is C1=Cc2cccnc2NC1=C1C=Cc2cccnc2N1. The fourth-order valence-electron chi connectivity index (χ4n) is 2.31. The van der Waals surface area contributed by atoms with Crippen LogP contribution in [0.4, 0.5) is 11.6 Å². The van der Waals surface area contributed by atoms with Crippen LogP contribution in [0, 0.1) is 0 Å². The molecule has 2 aliphatic rings. The fourth-order valence-corrected chi connectivity index (χ4v) is 2.31. The summed E-state index contributed by atoms with van der Waals surface area (Å²) in [5, 5.41) is 6.68. The highest BCUT2D eigenvalue weighted by Crippen LogP contribution is 2.27. The molecule has 2 aromatic heterocycles. The summed E-state index contributed by atoms with van der Waals surface area (Å²) in [6.45, 7) is 0. The van der Waals surface area contributed by atoms with Crippen molar-refractivity contribution in [3.63, 3.8) is 0 Å². The van der Waals surface area contributed by atoms with Crippen molar-refractivity contribution >= 4 is 23.8 Å². The van der Waals surface area contributed by atoms with Crippen molar-refractivity contribution in [1.82, 2.24) is 9.97 Å². The predicted molar refractivity (Wildman–Crippen MR) is 80.8 cm³/mol. The van der Waals surface area contributed by atoms with Gasteiger partial charge >= 0.3 is 0 Å². The number of nitrogens with one attached hydrogen (secondary N) is 2. The van der Waals surface area contributed by atoms with E-state index >= 15 is 0 Å². The predicted octanol–water partition coefficient (Wildman–Crippen LogP) is 3.27. The van der Waals surface area contributed by atoms with Crippen LogP contribution in [0.1, 0.15) is 11.1 Å². The van der Waals surface area contributed by atoms with E-state index in [9.17, 15) is 0 Å². The van der Waals surface area contributed by atoms with Crippen LogP contribution in [0.2, 0.25) is 0 Å². The Hall–Kier alpha value is -2.88. The van der Waals surface area contributed by atoms with E-state index in [1.54, 1.807) is 12.4 Å². The van der Waals surface area contributed by atoms with Gasteiger partial charge < -0.3 is 10.6 Å². The van der Waals surface area contributed by atoms with Gasteiger partial charge in [0.05, 0.1) is 11.4 Å². The van der Waals surface area contributed by atoms with E-state index in [4.69, 9.17) is 0 Å². The summed E-state index contributed by atoms with van der Waals surface area (Å²) in [5.74, 6) is 1.75. The number of anilines is 2. The number of hydrogen-bond acceptors (Lipinski definition) is 4. The molecular formula is C16H12N4. The van der Waals surface area contributed by atoms with E-state index < -0.39 is 0 Å². The quantitative estimate of drug-likeness (QED) is 0.763. The van der Waals surface area contributed by atoms with Crippen LogP contribution < -0.4 is 10.6 Å². The molecule has 0 atom stereocenters. The Labute approximate surface area is 116 Å². The molecule has 2 aliphatic heterocycles. The highest BCUT2D eigenvalue weighted by molar-refractivity contribution is 5.77. The largest absolute Gasteiger partial charge is 0.338 e. The minimum Gasteiger partial charge on any atom is -0.338 e. The maximum absolute atomic E-state index is 4.34. The van der Waals surface area contributed by atoms with E-state index in [0.717, 1.165) is 34.2 Å². The first-order valence-electron chi connectivity index (χ1n) is 6.45. The summed E-state index contributed by atoms with van der Waals surface area (Å²) in [6.07, 6.45) is 11.8. The van der Waals surface area contributed by atoms with Crippen molar-refractivity contribution in [3.8, 4) is 0 Å². The molecule has 0 unspecified atom stereocenters. The number of aromatic nitrogens is 2. The maximum atomic E-state index is 4.34. The van der Waals surface area contributed by atoms with E-state index in [1.807, 2.05) is 36.4 Å². The van der Waals surface area contributed by atoms with Crippen molar-refractivity contribution in [2.75, 3.05) is 10.6 Å². The Morgan fingerprint density at radius 3 is 1.65 bits per heavy atom. The second-order valence-corrected chi connectivity index (χ2v) is 4.63. The first-order chi connectivity index (χ1) is 9.90. The molecule has 0 spiro atoms. The molecule has 96 valence electrons. The normalized spacial score (nSPS) is 18.8. The van der Waals surface area contributed by atoms with E-state index in [0.29, 0.717) is 0 Å². The third-order valence-corrected chi connectivity index (χ3v) is 3.33. The Kier molecular flexibility index (Phi) is 2.39. The first-order valence-corrected chi connectivity index (χ1v) is 6.45. The number of hydrogen-bond donors (Lipinski definition) is 2. The second-order valence-electron chi connectivity index (χ2n) is 4.63. The van der Waals surface area contributed by atoms with Gasteiger partial charge in [-0.2, -0.15) is 0 Å². The number of rotatable bonds is 0. The number of fused-ring (bicyclic) bond motifs is 2. The first kappa shape index (κ1) is 11.0. The van der Waals surface area contributed by atoms with Crippen LogP contribution in [0.3, 0.4) is 0 Å². The van der Waals surface area contributed by atoms with E-state index in [1.165, 1.54) is 0 Å². The van der Waals surface area contributed by atoms with Gasteiger partial charge in [-0.3, -0.25) is 0 Å². The fraction of sp³-hybridized carbons (Fsp3) is 0. The van der Waals surface area contributed by atoms with Gasteiger partial charge in [-0.15, -0.1) is 0 Å². The smallest absolute Gasteiger partial charge is 0.137 e. The highest BCUT2D eigenvalue weighted by Gasteiger charge is 2.14. The molecule has 0 radical (unpaired) electrons. The summed E-state index contributed by atoms with van der Waals surface area (Å²) in [4.78, 5) is 8.69. The third kappa shape index (κ3) is 1.78. The number of pyridine rings is 2. The molecule has 0 aliphatic carbocycles. The standard InChI is InChI=1S/C16H12N4/c1-3-11-5-7-13(19-15(11)17-9-1)14-8-6-12-4-2-10-18-16(12)20-14/h1-10H,(H,17,19)(H,18,20). The molecule has 0 fully saturated rings. The van der Waals surface area contributed by atoms with Crippen LogP contribution in [0.15, 0.2) is 60.2 Å². The minimum absolute atomic E-state index is 0.875. The van der Waals surface area contributed by atoms with Gasteiger partial charge in [0.25, 0.3) is 0 Å². The Morgan fingerprint density at radius 1 is 0.650 bits per heavy atom. The topological polar surface area (TPSA) is 49.8 Å². The average molecular weight is 260 g/mol. The lowest BCUT2D eigenvalue weighted by atomic mass is 10.1. The van der Waals surface area contributed by atoms with Crippen molar-refractivity contribution in [1.29, 1.82) is 0 Å². The van der Waals surface area contributed by atoms with Crippen LogP contribution in [0.25, 0.3) is 12.2 Å². The van der Waals surface area contributed by atoms with Crippen molar-refractivity contribution in [2.45, 2.75) is 0 Å². The van der Waals surface area contributed by atoms with Gasteiger partial charge in [0.15, 0.2) is 0 Å². The van der Waals surface area contributed by atoms with Gasteiger partial charge in [0.2, 0.25) is 0 Å². The summed E-state index contributed by atoms with van der Waals surface area (Å²) >= 11 is 0. The third-order valence-electron chi connectivity index (χ3n) is 3.33. The second kappa shape index (κ2) is 4.35. The zero-order valence-electron chi connectivity index (χ0n) is 10.7. The molecular weight excluding hydrogens is 248 g/mol. The lowest BCUT2D eigenvalue weighted by Crippen LogP contribution is -2.13. The Morgan fingerprint density at radius 2 is 1.15 bits per heavy atom. The number of nitrogens with zero attached hydrogens (tertiary/aromatic N) is 2. The van der Waals surface area contributed by atoms with Crippen molar-refractivity contribution < 1.29 is 0 Å². The van der Waals surface area contributed by atoms with Gasteiger partial charge in [0.1, 0.15) is 11.6 Å². The van der Waals surface area contributed by atoms with Crippen molar-refractivity contribution in [3.05, 3.63) is 71.3 Å². The molecule has 20 heavy (non-hydrogen) atoms. The zero-order chi connectivity index (χ0) is 13.4. The van der Waals surface area contributed by atoms with Crippen LogP contribution in [-0.4, -0.2) is 9.97 Å². The lowest BCUT2D eigenvalue weighted by molar-refractivity contribution is 1.21. The highest BCUT2D eigenvalue weighted by atomic mass is 15.1. The summed E-state index contributed by atoms with van der Waals surface area (Å²) in [5.41, 5.74) is 4.16. The average Bonchev–Trinajstić information content (AvgIpc) is 2.54. The van der Waals surface area contributed by atoms with Crippen molar-refractivity contribution in [2.24, 2.45) is 0 Å². The Balaban J connectivity index is 1.73. The van der Waals surface area contributed by atoms with Crippen LogP contribution in [0.5, 0.6) is 0 Å². The van der Waals surface area contributed by atoms with Gasteiger partial charge in [0, 0.05) is 23.5 Å². The number of allylic oxidation sites excluding steroid dienone is 2. The maximum Gasteiger partial charge on any atom is 0.137 e. The minimum atomic E-state index is 0.875. The summed E-state index contributed by atoms with van der Waals surface area (Å²) in [6, 6.07) is 7.94. The van der Waals surface area contributed by atoms with Gasteiger partial charge in [-0.1, -0.05) is 0 Å². The molecule has 4 rings (SSSR count). The zero-order valence-corrected chi connectivity index (χ0v) is 10.7. The van der Waals surface area contributed by atoms with Gasteiger partial charge in [-0.25, -0.2) is 9.97 Å². The summed E-state index contributed by atoms with van der Waals surface area (Å²) in [7, 11) is 0. The molecule has 0 saturated heterocycles. The van der Waals surface area contributed by atoms with E-state index in [2.05, 4.69) is 32.8 Å². The molecule has 0 saturated carbocycles. The van der Waals surface area contributed by atoms with E-state index in [-0.39, 0.29) is 0 Å². The molecule has 4 heterocycles. The lowest BCUT2D eigenvalue weighted by Gasteiger charge is -2.20. The molecule has 2 aromatic rings. The molecule has 0 amide bonds.